The van der Waals surface area contributed by atoms with Gasteiger partial charge in [-0.3, -0.25) is 0 Å². The van der Waals surface area contributed by atoms with Crippen LogP contribution in [0.4, 0.5) is 10.5 Å². The average Bonchev–Trinajstić information content (AvgIpc) is 2.83. The Morgan fingerprint density at radius 3 is 2.38 bits per heavy atom. The van der Waals surface area contributed by atoms with Crippen molar-refractivity contribution in [2.45, 2.75) is 39.5 Å². The van der Waals surface area contributed by atoms with Crippen LogP contribution >= 0.6 is 11.6 Å². The Morgan fingerprint density at radius 2 is 1.72 bits per heavy atom. The van der Waals surface area contributed by atoms with Crippen molar-refractivity contribution in [2.75, 3.05) is 12.4 Å². The van der Waals surface area contributed by atoms with Crippen molar-refractivity contribution in [3.05, 3.63) is 88.9 Å². The minimum absolute atomic E-state index is 0.0577. The van der Waals surface area contributed by atoms with E-state index in [1.54, 1.807) is 31.4 Å². The first-order chi connectivity index (χ1) is 15.5. The smallest absolute Gasteiger partial charge is 0.322 e. The molecule has 0 saturated heterocycles. The van der Waals surface area contributed by atoms with E-state index >= 15 is 0 Å². The zero-order valence-corrected chi connectivity index (χ0v) is 19.4. The minimum Gasteiger partial charge on any atom is -0.493 e. The number of carbonyl (C=O) groups excluding carboxylic acids is 1. The van der Waals surface area contributed by atoms with E-state index in [1.807, 2.05) is 60.4 Å². The standard InChI is InChI=1S/C26H29ClN2O3/c1-4-19(2)29(26(30)28-23-13-11-22(27)12-14-23)17-21-10-15-24(25(16-21)31-3)32-18-20-8-6-5-7-9-20/h5-16,19H,4,17-18H2,1-3H3,(H,28,30). The molecule has 0 aliphatic heterocycles. The van der Waals surface area contributed by atoms with Gasteiger partial charge < -0.3 is 19.7 Å². The first kappa shape index (κ1) is 23.5. The quantitative estimate of drug-likeness (QED) is 0.390. The third kappa shape index (κ3) is 6.41. The molecule has 1 unspecified atom stereocenters. The minimum atomic E-state index is -0.162. The highest BCUT2D eigenvalue weighted by atomic mass is 35.5. The molecule has 1 N–H and O–H groups in total. The van der Waals surface area contributed by atoms with E-state index in [2.05, 4.69) is 12.2 Å². The largest absolute Gasteiger partial charge is 0.493 e. The van der Waals surface area contributed by atoms with Crippen molar-refractivity contribution in [3.63, 3.8) is 0 Å². The van der Waals surface area contributed by atoms with Gasteiger partial charge in [-0.15, -0.1) is 0 Å². The molecule has 2 amide bonds. The molecule has 0 heterocycles. The van der Waals surface area contributed by atoms with Crippen molar-refractivity contribution in [2.24, 2.45) is 0 Å². The predicted molar refractivity (Wildman–Crippen MR) is 130 cm³/mol. The molecule has 3 rings (SSSR count). The maximum absolute atomic E-state index is 13.0. The molecule has 0 aliphatic carbocycles. The van der Waals surface area contributed by atoms with Crippen LogP contribution in [0.3, 0.4) is 0 Å². The molecule has 5 nitrogen and oxygen atoms in total. The molecule has 3 aromatic carbocycles. The van der Waals surface area contributed by atoms with Gasteiger partial charge in [0.05, 0.1) is 7.11 Å². The maximum Gasteiger partial charge on any atom is 0.322 e. The van der Waals surface area contributed by atoms with Gasteiger partial charge in [-0.25, -0.2) is 4.79 Å². The first-order valence-corrected chi connectivity index (χ1v) is 11.0. The van der Waals surface area contributed by atoms with Gasteiger partial charge in [-0.1, -0.05) is 54.9 Å². The second kappa shape index (κ2) is 11.4. The molecular weight excluding hydrogens is 424 g/mol. The lowest BCUT2D eigenvalue weighted by Gasteiger charge is -2.29. The molecule has 0 spiro atoms. The molecule has 32 heavy (non-hydrogen) atoms. The molecule has 6 heteroatoms. The predicted octanol–water partition coefficient (Wildman–Crippen LogP) is 6.76. The number of amides is 2. The summed E-state index contributed by atoms with van der Waals surface area (Å²) < 4.78 is 11.5. The second-order valence-corrected chi connectivity index (χ2v) is 8.02. The Kier molecular flexibility index (Phi) is 8.40. The number of hydrogen-bond donors (Lipinski definition) is 1. The average molecular weight is 453 g/mol. The van der Waals surface area contributed by atoms with Crippen LogP contribution in [0.2, 0.25) is 5.02 Å². The number of carbonyl (C=O) groups is 1. The van der Waals surface area contributed by atoms with Gasteiger partial charge in [0.25, 0.3) is 0 Å². The second-order valence-electron chi connectivity index (χ2n) is 7.58. The molecule has 0 bridgehead atoms. The SMILES string of the molecule is CCC(C)N(Cc1ccc(OCc2ccccc2)c(OC)c1)C(=O)Nc1ccc(Cl)cc1. The number of hydrogen-bond acceptors (Lipinski definition) is 3. The van der Waals surface area contributed by atoms with Gasteiger partial charge in [0.2, 0.25) is 0 Å². The number of nitrogens with zero attached hydrogens (tertiary/aromatic N) is 1. The van der Waals surface area contributed by atoms with Crippen LogP contribution in [-0.2, 0) is 13.2 Å². The monoisotopic (exact) mass is 452 g/mol. The molecular formula is C26H29ClN2O3. The maximum atomic E-state index is 13.0. The number of nitrogens with one attached hydrogen (secondary N) is 1. The normalized spacial score (nSPS) is 11.5. The highest BCUT2D eigenvalue weighted by Crippen LogP contribution is 2.30. The lowest BCUT2D eigenvalue weighted by molar-refractivity contribution is 0.187. The first-order valence-electron chi connectivity index (χ1n) is 10.7. The van der Waals surface area contributed by atoms with E-state index in [4.69, 9.17) is 21.1 Å². The fourth-order valence-electron chi connectivity index (χ4n) is 3.24. The summed E-state index contributed by atoms with van der Waals surface area (Å²) in [5.41, 5.74) is 2.75. The Bertz CT molecular complexity index is 1010. The summed E-state index contributed by atoms with van der Waals surface area (Å²) in [5, 5.41) is 3.58. The molecule has 0 fully saturated rings. The zero-order valence-electron chi connectivity index (χ0n) is 18.7. The number of benzene rings is 3. The fraction of sp³-hybridized carbons (Fsp3) is 0.269. The third-order valence-corrected chi connectivity index (χ3v) is 5.55. The highest BCUT2D eigenvalue weighted by Gasteiger charge is 2.20. The Balaban J connectivity index is 1.72. The van der Waals surface area contributed by atoms with E-state index < -0.39 is 0 Å². The molecule has 3 aromatic rings. The van der Waals surface area contributed by atoms with Crippen LogP contribution in [0.25, 0.3) is 0 Å². The van der Waals surface area contributed by atoms with Gasteiger partial charge in [0.1, 0.15) is 6.61 Å². The van der Waals surface area contributed by atoms with Gasteiger partial charge >= 0.3 is 6.03 Å². The summed E-state index contributed by atoms with van der Waals surface area (Å²) >= 11 is 5.94. The van der Waals surface area contributed by atoms with Crippen molar-refractivity contribution < 1.29 is 14.3 Å². The van der Waals surface area contributed by atoms with E-state index in [0.717, 1.165) is 17.5 Å². The Morgan fingerprint density at radius 1 is 1.00 bits per heavy atom. The topological polar surface area (TPSA) is 50.8 Å². The van der Waals surface area contributed by atoms with E-state index in [9.17, 15) is 4.79 Å². The number of rotatable bonds is 9. The summed E-state index contributed by atoms with van der Waals surface area (Å²) in [7, 11) is 1.62. The lowest BCUT2D eigenvalue weighted by Crippen LogP contribution is -2.40. The number of halogens is 1. The van der Waals surface area contributed by atoms with Crippen LogP contribution in [0.5, 0.6) is 11.5 Å². The van der Waals surface area contributed by atoms with Crippen molar-refractivity contribution in [3.8, 4) is 11.5 Å². The summed E-state index contributed by atoms with van der Waals surface area (Å²) in [4.78, 5) is 14.8. The van der Waals surface area contributed by atoms with E-state index in [-0.39, 0.29) is 12.1 Å². The van der Waals surface area contributed by atoms with Crippen LogP contribution in [0.15, 0.2) is 72.8 Å². The van der Waals surface area contributed by atoms with E-state index in [0.29, 0.717) is 35.4 Å². The van der Waals surface area contributed by atoms with Gasteiger partial charge in [-0.2, -0.15) is 0 Å². The number of methoxy groups -OCH3 is 1. The number of urea groups is 1. The molecule has 168 valence electrons. The highest BCUT2D eigenvalue weighted by molar-refractivity contribution is 6.30. The Labute approximate surface area is 194 Å². The number of ether oxygens (including phenoxy) is 2. The van der Waals surface area contributed by atoms with Crippen molar-refractivity contribution in [1.29, 1.82) is 0 Å². The van der Waals surface area contributed by atoms with E-state index in [1.165, 1.54) is 0 Å². The molecule has 0 aliphatic rings. The van der Waals surface area contributed by atoms with Crippen LogP contribution < -0.4 is 14.8 Å². The zero-order chi connectivity index (χ0) is 22.9. The summed E-state index contributed by atoms with van der Waals surface area (Å²) in [5.74, 6) is 1.31. The van der Waals surface area contributed by atoms with Gasteiger partial charge in [-0.05, 0) is 60.9 Å². The summed E-state index contributed by atoms with van der Waals surface area (Å²) in [6.07, 6.45) is 0.837. The number of anilines is 1. The van der Waals surface area contributed by atoms with Gasteiger partial charge in [0.15, 0.2) is 11.5 Å². The molecule has 0 saturated carbocycles. The van der Waals surface area contributed by atoms with Crippen LogP contribution in [-0.4, -0.2) is 24.1 Å². The third-order valence-electron chi connectivity index (χ3n) is 5.30. The summed E-state index contributed by atoms with van der Waals surface area (Å²) in [6, 6.07) is 22.7. The fourth-order valence-corrected chi connectivity index (χ4v) is 3.36. The molecule has 0 radical (unpaired) electrons. The summed E-state index contributed by atoms with van der Waals surface area (Å²) in [6.45, 7) is 5.01. The Hall–Kier alpha value is -3.18. The lowest BCUT2D eigenvalue weighted by atomic mass is 10.1. The van der Waals surface area contributed by atoms with Gasteiger partial charge in [0, 0.05) is 23.3 Å². The van der Waals surface area contributed by atoms with Crippen LogP contribution in [0, 0.1) is 0 Å². The van der Waals surface area contributed by atoms with Crippen LogP contribution in [0.1, 0.15) is 31.4 Å². The van der Waals surface area contributed by atoms with Crippen molar-refractivity contribution in [1.82, 2.24) is 4.90 Å². The van der Waals surface area contributed by atoms with Crippen molar-refractivity contribution >= 4 is 23.3 Å². The molecule has 1 atom stereocenters. The molecule has 0 aromatic heterocycles.